The molecule has 0 radical (unpaired) electrons. The van der Waals surface area contributed by atoms with Gasteiger partial charge in [0.1, 0.15) is 11.2 Å². The van der Waals surface area contributed by atoms with Gasteiger partial charge in [0.15, 0.2) is 0 Å². The summed E-state index contributed by atoms with van der Waals surface area (Å²) in [5, 5.41) is 25.9. The number of hydrogen-bond acceptors (Lipinski definition) is 8. The molecule has 1 aliphatic heterocycles. The molecule has 0 unspecified atom stereocenters. The minimum atomic E-state index is -1.47. The Morgan fingerprint density at radius 3 is 2.35 bits per heavy atom. The Bertz CT molecular complexity index is 829. The first-order valence-electron chi connectivity index (χ1n) is 13.1. The second-order valence-electron chi connectivity index (χ2n) is 12.1. The standard InChI is InChI=1S/C26H43NO7/c1-7-27-12-23(13-30-2)9-8-17(32-4)25-15-10-14-16(31-3)11-24(28,18(15)19(14)33-5)26(29,22(25)27)21(34-6)20(23)25/h14-22,28-29H,7-13H2,1-6H3/t14-,15-,16+,17+,18-,19+,20-,21+,22-,23+,24-,25+,26+/m1/s1. The smallest absolute Gasteiger partial charge is 0.136 e. The summed E-state index contributed by atoms with van der Waals surface area (Å²) in [4.78, 5) is 2.43. The molecule has 6 aliphatic rings. The maximum absolute atomic E-state index is 13.1. The van der Waals surface area contributed by atoms with Gasteiger partial charge in [0, 0.05) is 77.1 Å². The summed E-state index contributed by atoms with van der Waals surface area (Å²) >= 11 is 0. The molecule has 0 aromatic rings. The molecule has 6 fully saturated rings. The molecule has 6 rings (SSSR count). The monoisotopic (exact) mass is 481 g/mol. The molecule has 0 aromatic heterocycles. The third kappa shape index (κ3) is 2.27. The molecule has 13 atom stereocenters. The average molecular weight is 482 g/mol. The molecule has 1 heterocycles. The fourth-order valence-electron chi connectivity index (χ4n) is 11.3. The van der Waals surface area contributed by atoms with Crippen molar-refractivity contribution in [2.75, 3.05) is 55.2 Å². The van der Waals surface area contributed by atoms with E-state index in [-0.39, 0.29) is 58.9 Å². The minimum absolute atomic E-state index is 0.0262. The fourth-order valence-corrected chi connectivity index (χ4v) is 11.3. The van der Waals surface area contributed by atoms with Crippen molar-refractivity contribution in [1.29, 1.82) is 0 Å². The summed E-state index contributed by atoms with van der Waals surface area (Å²) in [6.45, 7) is 4.41. The Morgan fingerprint density at radius 2 is 1.76 bits per heavy atom. The summed E-state index contributed by atoms with van der Waals surface area (Å²) in [7, 11) is 8.77. The molecule has 5 aliphatic carbocycles. The normalized spacial score (nSPS) is 59.5. The maximum Gasteiger partial charge on any atom is 0.136 e. The number of methoxy groups -OCH3 is 5. The molecule has 8 nitrogen and oxygen atoms in total. The van der Waals surface area contributed by atoms with E-state index in [1.54, 1.807) is 28.4 Å². The molecule has 7 bridgehead atoms. The van der Waals surface area contributed by atoms with Crippen molar-refractivity contribution in [3.8, 4) is 0 Å². The lowest BCUT2D eigenvalue weighted by atomic mass is 9.42. The van der Waals surface area contributed by atoms with E-state index in [0.29, 0.717) is 13.0 Å². The minimum Gasteiger partial charge on any atom is -0.386 e. The molecular weight excluding hydrogens is 438 g/mol. The molecule has 5 saturated carbocycles. The van der Waals surface area contributed by atoms with E-state index in [4.69, 9.17) is 23.7 Å². The van der Waals surface area contributed by atoms with E-state index >= 15 is 0 Å². The van der Waals surface area contributed by atoms with Crippen LogP contribution in [-0.2, 0) is 23.7 Å². The predicted molar refractivity (Wildman–Crippen MR) is 123 cm³/mol. The van der Waals surface area contributed by atoms with Gasteiger partial charge in [-0.2, -0.15) is 0 Å². The summed E-state index contributed by atoms with van der Waals surface area (Å²) in [5.41, 5.74) is -3.38. The number of likely N-dealkylation sites (tertiary alicyclic amines) is 1. The molecule has 34 heavy (non-hydrogen) atoms. The van der Waals surface area contributed by atoms with Crippen LogP contribution >= 0.6 is 0 Å². The zero-order valence-electron chi connectivity index (χ0n) is 21.5. The van der Waals surface area contributed by atoms with Crippen LogP contribution in [-0.4, -0.2) is 112 Å². The highest BCUT2D eigenvalue weighted by molar-refractivity contribution is 5.41. The molecule has 1 saturated heterocycles. The average Bonchev–Trinajstić information content (AvgIpc) is 3.25. The Kier molecular flexibility index (Phi) is 5.38. The second-order valence-corrected chi connectivity index (χ2v) is 12.1. The number of rotatable bonds is 7. The van der Waals surface area contributed by atoms with E-state index < -0.39 is 17.3 Å². The lowest BCUT2D eigenvalue weighted by Crippen LogP contribution is -2.82. The molecule has 1 spiro atoms. The van der Waals surface area contributed by atoms with Gasteiger partial charge in [-0.1, -0.05) is 6.92 Å². The highest BCUT2D eigenvalue weighted by Gasteiger charge is 2.91. The molecule has 0 amide bonds. The first kappa shape index (κ1) is 24.0. The number of ether oxygens (including phenoxy) is 5. The van der Waals surface area contributed by atoms with E-state index in [2.05, 4.69) is 11.8 Å². The Labute approximate surface area is 203 Å². The number of likely N-dealkylation sites (N-methyl/N-ethyl adjacent to an activating group) is 1. The van der Waals surface area contributed by atoms with Crippen molar-refractivity contribution < 1.29 is 33.9 Å². The van der Waals surface area contributed by atoms with Gasteiger partial charge in [0.25, 0.3) is 0 Å². The van der Waals surface area contributed by atoms with Gasteiger partial charge in [0.05, 0.1) is 37.1 Å². The van der Waals surface area contributed by atoms with Crippen molar-refractivity contribution >= 4 is 0 Å². The molecule has 8 heteroatoms. The largest absolute Gasteiger partial charge is 0.386 e. The number of piperidine rings is 1. The van der Waals surface area contributed by atoms with Crippen molar-refractivity contribution in [2.24, 2.45) is 34.5 Å². The van der Waals surface area contributed by atoms with Crippen LogP contribution in [0.15, 0.2) is 0 Å². The first-order chi connectivity index (χ1) is 16.3. The van der Waals surface area contributed by atoms with Crippen molar-refractivity contribution in [3.63, 3.8) is 0 Å². The Hall–Kier alpha value is -0.320. The van der Waals surface area contributed by atoms with Crippen LogP contribution in [0.4, 0.5) is 0 Å². The third-order valence-electron chi connectivity index (χ3n) is 11.7. The van der Waals surface area contributed by atoms with Gasteiger partial charge < -0.3 is 33.9 Å². The number of hydrogen-bond donors (Lipinski definition) is 2. The quantitative estimate of drug-likeness (QED) is 0.555. The molecule has 0 aromatic carbocycles. The zero-order valence-corrected chi connectivity index (χ0v) is 21.5. The first-order valence-corrected chi connectivity index (χ1v) is 13.1. The highest BCUT2D eigenvalue weighted by atomic mass is 16.5. The van der Waals surface area contributed by atoms with Crippen LogP contribution in [0.5, 0.6) is 0 Å². The SMILES string of the molecule is CCN1C[C@]2(COC)CC[C@H](OC)[C@]34[C@@H]5C[C@H]6[C@H](OC)[C@@H]5[C@](O)(C[C@@H]6OC)[C@@](O)([C@H]13)[C@@H](OC)[C@H]24. The molecule has 194 valence electrons. The van der Waals surface area contributed by atoms with E-state index in [9.17, 15) is 10.2 Å². The third-order valence-corrected chi connectivity index (χ3v) is 11.7. The number of fused-ring (bicyclic) bond motifs is 2. The predicted octanol–water partition coefficient (Wildman–Crippen LogP) is 0.925. The van der Waals surface area contributed by atoms with E-state index in [1.165, 1.54) is 0 Å². The van der Waals surface area contributed by atoms with Gasteiger partial charge in [-0.05, 0) is 31.7 Å². The van der Waals surface area contributed by atoms with Gasteiger partial charge in [0.2, 0.25) is 0 Å². The van der Waals surface area contributed by atoms with Crippen molar-refractivity contribution in [1.82, 2.24) is 4.90 Å². The highest BCUT2D eigenvalue weighted by Crippen LogP contribution is 2.80. The van der Waals surface area contributed by atoms with Crippen LogP contribution in [0.3, 0.4) is 0 Å². The summed E-state index contributed by atoms with van der Waals surface area (Å²) in [5.74, 6) is 0.165. The lowest BCUT2D eigenvalue weighted by molar-refractivity contribution is -0.320. The van der Waals surface area contributed by atoms with Crippen LogP contribution in [0.25, 0.3) is 0 Å². The van der Waals surface area contributed by atoms with E-state index in [1.807, 2.05) is 7.11 Å². The van der Waals surface area contributed by atoms with Crippen LogP contribution in [0.2, 0.25) is 0 Å². The topological polar surface area (TPSA) is 89.9 Å². The van der Waals surface area contributed by atoms with Gasteiger partial charge in [-0.3, -0.25) is 4.90 Å². The Morgan fingerprint density at radius 1 is 1.00 bits per heavy atom. The molecule has 2 N–H and O–H groups in total. The van der Waals surface area contributed by atoms with E-state index in [0.717, 1.165) is 32.4 Å². The van der Waals surface area contributed by atoms with Gasteiger partial charge in [-0.25, -0.2) is 0 Å². The summed E-state index contributed by atoms with van der Waals surface area (Å²) < 4.78 is 30.7. The second kappa shape index (κ2) is 7.60. The van der Waals surface area contributed by atoms with Gasteiger partial charge >= 0.3 is 0 Å². The van der Waals surface area contributed by atoms with Crippen molar-refractivity contribution in [2.45, 2.75) is 74.3 Å². The zero-order chi connectivity index (χ0) is 24.3. The van der Waals surface area contributed by atoms with Crippen LogP contribution in [0, 0.1) is 34.5 Å². The maximum atomic E-state index is 13.1. The van der Waals surface area contributed by atoms with Crippen LogP contribution < -0.4 is 0 Å². The molecular formula is C26H43NO7. The van der Waals surface area contributed by atoms with Crippen molar-refractivity contribution in [3.05, 3.63) is 0 Å². The van der Waals surface area contributed by atoms with Crippen LogP contribution in [0.1, 0.15) is 32.6 Å². The lowest BCUT2D eigenvalue weighted by Gasteiger charge is -2.70. The summed E-state index contributed by atoms with van der Waals surface area (Å²) in [6, 6.07) is -0.256. The number of nitrogens with zero attached hydrogens (tertiary/aromatic N) is 1. The fraction of sp³-hybridized carbons (Fsp3) is 1.00. The Balaban J connectivity index is 1.67. The summed E-state index contributed by atoms with van der Waals surface area (Å²) in [6.07, 6.45) is 2.30. The van der Waals surface area contributed by atoms with Gasteiger partial charge in [-0.15, -0.1) is 0 Å². The number of aliphatic hydroxyl groups is 2.